The number of hydrogen-bond donors (Lipinski definition) is 2. The lowest BCUT2D eigenvalue weighted by Gasteiger charge is -2.28. The number of amides is 1. The fraction of sp³-hybridized carbons (Fsp3) is 0.481. The molecule has 3 rings (SSSR count). The summed E-state index contributed by atoms with van der Waals surface area (Å²) in [5.74, 6) is 1.14. The summed E-state index contributed by atoms with van der Waals surface area (Å²) in [6.45, 7) is 6.06. The van der Waals surface area contributed by atoms with E-state index >= 15 is 0 Å². The fourth-order valence-electron chi connectivity index (χ4n) is 4.11. The molecule has 0 aromatic heterocycles. The number of carbonyl (C=O) groups is 1. The Morgan fingerprint density at radius 2 is 1.86 bits per heavy atom. The van der Waals surface area contributed by atoms with Gasteiger partial charge in [-0.2, -0.15) is 5.26 Å². The van der Waals surface area contributed by atoms with E-state index in [2.05, 4.69) is 25.2 Å². The quantitative estimate of drug-likeness (QED) is 0.511. The van der Waals surface area contributed by atoms with Crippen molar-refractivity contribution in [2.24, 2.45) is 0 Å². The van der Waals surface area contributed by atoms with E-state index in [0.29, 0.717) is 23.4 Å². The molecule has 2 aromatic rings. The van der Waals surface area contributed by atoms with Crippen molar-refractivity contribution in [2.75, 3.05) is 33.4 Å². The third-order valence-electron chi connectivity index (χ3n) is 6.04. The number of piperidine rings is 1. The average Bonchev–Trinajstić information content (AvgIpc) is 2.86. The lowest BCUT2D eigenvalue weighted by Crippen LogP contribution is -2.46. The summed E-state index contributed by atoms with van der Waals surface area (Å²) in [7, 11) is 1.65. The predicted octanol–water partition coefficient (Wildman–Crippen LogP) is 3.97. The topological polar surface area (TPSA) is 94.8 Å². The second-order valence-corrected chi connectivity index (χ2v) is 9.43. The van der Waals surface area contributed by atoms with Crippen molar-refractivity contribution in [3.05, 3.63) is 59.2 Å². The molecular formula is C27H36ClN3O4. The maximum Gasteiger partial charge on any atom is 0.253 e. The number of carbonyl (C=O) groups excluding carboxylic acids is 1. The van der Waals surface area contributed by atoms with Gasteiger partial charge in [0.2, 0.25) is 0 Å². The van der Waals surface area contributed by atoms with Gasteiger partial charge < -0.3 is 24.8 Å². The summed E-state index contributed by atoms with van der Waals surface area (Å²) in [5, 5.41) is 23.4. The summed E-state index contributed by atoms with van der Waals surface area (Å²) in [6.07, 6.45) is 3.21. The predicted molar refractivity (Wildman–Crippen MR) is 138 cm³/mol. The highest BCUT2D eigenvalue weighted by Gasteiger charge is 2.21. The summed E-state index contributed by atoms with van der Waals surface area (Å²) in [4.78, 5) is 14.5. The third-order valence-corrected chi connectivity index (χ3v) is 6.04. The molecule has 1 aliphatic heterocycles. The average molecular weight is 502 g/mol. The summed E-state index contributed by atoms with van der Waals surface area (Å²) < 4.78 is 10.9. The standard InChI is InChI=1S/C27H35N3O4.ClH/c1-27(2,16-20-7-10-24(33-3)11-8-20)29-18-23(31)19-34-25-12-9-21(15-22(25)17-28)26(32)30-13-5-4-6-14-30;/h7-12,15,23,29,31H,4-6,13-14,16,18-19H2,1-3H3;1H/t23-;/m1./s1. The van der Waals surface area contributed by atoms with Gasteiger partial charge in [0.25, 0.3) is 5.91 Å². The van der Waals surface area contributed by atoms with Crippen LogP contribution in [0.25, 0.3) is 0 Å². The molecule has 2 aromatic carbocycles. The number of nitriles is 1. The summed E-state index contributed by atoms with van der Waals surface area (Å²) in [6, 6.07) is 15.0. The molecule has 0 bridgehead atoms. The maximum atomic E-state index is 12.7. The summed E-state index contributed by atoms with van der Waals surface area (Å²) in [5.41, 5.74) is 1.72. The van der Waals surface area contributed by atoms with Gasteiger partial charge in [-0.3, -0.25) is 4.79 Å². The number of β-amino-alcohol motifs (C(OH)–C–C–N with tert-alkyl or cyclic N) is 1. The molecule has 0 aliphatic carbocycles. The number of benzene rings is 2. The zero-order chi connectivity index (χ0) is 24.6. The lowest BCUT2D eigenvalue weighted by molar-refractivity contribution is 0.0724. The molecule has 1 heterocycles. The zero-order valence-corrected chi connectivity index (χ0v) is 21.6. The Kier molecular flexibility index (Phi) is 10.8. The van der Waals surface area contributed by atoms with E-state index in [1.807, 2.05) is 29.2 Å². The Bertz CT molecular complexity index is 998. The van der Waals surface area contributed by atoms with E-state index in [1.165, 1.54) is 5.56 Å². The van der Waals surface area contributed by atoms with Crippen molar-refractivity contribution in [2.45, 2.75) is 51.2 Å². The molecule has 190 valence electrons. The van der Waals surface area contributed by atoms with E-state index in [4.69, 9.17) is 9.47 Å². The van der Waals surface area contributed by atoms with Crippen molar-refractivity contribution >= 4 is 18.3 Å². The van der Waals surface area contributed by atoms with Gasteiger partial charge in [0.15, 0.2) is 0 Å². The minimum absolute atomic E-state index is 0. The van der Waals surface area contributed by atoms with Crippen LogP contribution in [0.1, 0.15) is 54.6 Å². The van der Waals surface area contributed by atoms with Gasteiger partial charge in [-0.05, 0) is 75.4 Å². The van der Waals surface area contributed by atoms with E-state index in [0.717, 1.165) is 44.5 Å². The van der Waals surface area contributed by atoms with Crippen LogP contribution in [0.15, 0.2) is 42.5 Å². The molecule has 1 fully saturated rings. The molecule has 1 atom stereocenters. The van der Waals surface area contributed by atoms with Crippen molar-refractivity contribution in [1.29, 1.82) is 5.26 Å². The Hall–Kier alpha value is -2.79. The third kappa shape index (κ3) is 8.43. The molecule has 0 saturated carbocycles. The van der Waals surface area contributed by atoms with Crippen LogP contribution in [0, 0.1) is 11.3 Å². The van der Waals surface area contributed by atoms with Crippen molar-refractivity contribution in [3.8, 4) is 17.6 Å². The number of ether oxygens (including phenoxy) is 2. The van der Waals surface area contributed by atoms with Gasteiger partial charge in [0.1, 0.15) is 30.3 Å². The van der Waals surface area contributed by atoms with E-state index < -0.39 is 6.10 Å². The summed E-state index contributed by atoms with van der Waals surface area (Å²) >= 11 is 0. The largest absolute Gasteiger partial charge is 0.497 e. The zero-order valence-electron chi connectivity index (χ0n) is 20.8. The normalized spacial score (nSPS) is 14.4. The van der Waals surface area contributed by atoms with Crippen molar-refractivity contribution < 1.29 is 19.4 Å². The van der Waals surface area contributed by atoms with Crippen LogP contribution in [0.5, 0.6) is 11.5 Å². The Morgan fingerprint density at radius 1 is 1.17 bits per heavy atom. The molecule has 0 radical (unpaired) electrons. The lowest BCUT2D eigenvalue weighted by atomic mass is 9.94. The molecule has 7 nitrogen and oxygen atoms in total. The number of halogens is 1. The van der Waals surface area contributed by atoms with E-state index in [-0.39, 0.29) is 30.5 Å². The highest BCUT2D eigenvalue weighted by molar-refractivity contribution is 5.95. The van der Waals surface area contributed by atoms with E-state index in [1.54, 1.807) is 25.3 Å². The first-order valence-electron chi connectivity index (χ1n) is 11.8. The number of aliphatic hydroxyl groups excluding tert-OH is 1. The number of likely N-dealkylation sites (tertiary alicyclic amines) is 1. The van der Waals surface area contributed by atoms with Gasteiger partial charge >= 0.3 is 0 Å². The molecule has 2 N–H and O–H groups in total. The Balaban J connectivity index is 0.00000432. The monoisotopic (exact) mass is 501 g/mol. The number of nitrogens with one attached hydrogen (secondary N) is 1. The van der Waals surface area contributed by atoms with Crippen LogP contribution in [-0.2, 0) is 6.42 Å². The van der Waals surface area contributed by atoms with Gasteiger partial charge in [-0.25, -0.2) is 0 Å². The smallest absolute Gasteiger partial charge is 0.253 e. The van der Waals surface area contributed by atoms with Gasteiger partial charge in [0, 0.05) is 30.7 Å². The van der Waals surface area contributed by atoms with Crippen LogP contribution in [-0.4, -0.2) is 60.9 Å². The number of methoxy groups -OCH3 is 1. The first kappa shape index (κ1) is 28.4. The fourth-order valence-corrected chi connectivity index (χ4v) is 4.11. The highest BCUT2D eigenvalue weighted by atomic mass is 35.5. The van der Waals surface area contributed by atoms with Crippen LogP contribution in [0.3, 0.4) is 0 Å². The molecule has 0 spiro atoms. The SMILES string of the molecule is COc1ccc(CC(C)(C)NC[C@@H](O)COc2ccc(C(=O)N3CCCCC3)cc2C#N)cc1.Cl. The van der Waals surface area contributed by atoms with E-state index in [9.17, 15) is 15.2 Å². The second kappa shape index (κ2) is 13.3. The van der Waals surface area contributed by atoms with Crippen LogP contribution in [0.2, 0.25) is 0 Å². The molecule has 0 unspecified atom stereocenters. The molecule has 8 heteroatoms. The van der Waals surface area contributed by atoms with Crippen molar-refractivity contribution in [3.63, 3.8) is 0 Å². The first-order valence-corrected chi connectivity index (χ1v) is 11.8. The molecular weight excluding hydrogens is 466 g/mol. The van der Waals surface area contributed by atoms with Crippen molar-refractivity contribution in [1.82, 2.24) is 10.2 Å². The van der Waals surface area contributed by atoms with Gasteiger partial charge in [-0.1, -0.05) is 12.1 Å². The highest BCUT2D eigenvalue weighted by Crippen LogP contribution is 2.22. The number of rotatable bonds is 10. The minimum Gasteiger partial charge on any atom is -0.497 e. The number of aliphatic hydroxyl groups is 1. The van der Waals surface area contributed by atoms with Crippen LogP contribution < -0.4 is 14.8 Å². The van der Waals surface area contributed by atoms with Gasteiger partial charge in [0.05, 0.1) is 12.7 Å². The molecule has 1 saturated heterocycles. The number of nitrogens with zero attached hydrogens (tertiary/aromatic N) is 2. The Labute approximate surface area is 214 Å². The van der Waals surface area contributed by atoms with Gasteiger partial charge in [-0.15, -0.1) is 12.4 Å². The second-order valence-electron chi connectivity index (χ2n) is 9.43. The maximum absolute atomic E-state index is 12.7. The molecule has 1 amide bonds. The molecule has 35 heavy (non-hydrogen) atoms. The minimum atomic E-state index is -0.753. The number of hydrogen-bond acceptors (Lipinski definition) is 6. The van der Waals surface area contributed by atoms with Crippen LogP contribution >= 0.6 is 12.4 Å². The molecule has 1 aliphatic rings. The first-order chi connectivity index (χ1) is 16.3. The van der Waals surface area contributed by atoms with Crippen LogP contribution in [0.4, 0.5) is 0 Å². The Morgan fingerprint density at radius 3 is 2.49 bits per heavy atom.